The maximum Gasteiger partial charge on any atom is 0.242 e. The molecule has 5 rings (SSSR count). The number of hydrogen-bond donors (Lipinski definition) is 2. The maximum absolute atomic E-state index is 13.3. The van der Waals surface area contributed by atoms with E-state index in [9.17, 15) is 13.8 Å². The van der Waals surface area contributed by atoms with Crippen LogP contribution in [0.2, 0.25) is 0 Å². The molecular weight excluding hydrogens is 536 g/mol. The topological polar surface area (TPSA) is 101 Å². The Morgan fingerprint density at radius 1 is 0.927 bits per heavy atom. The molecule has 212 valence electrons. The van der Waals surface area contributed by atoms with Crippen LogP contribution < -0.4 is 10.6 Å². The van der Waals surface area contributed by atoms with E-state index in [1.807, 2.05) is 91.0 Å². The van der Waals surface area contributed by atoms with Gasteiger partial charge in [-0.25, -0.2) is 4.21 Å². The minimum absolute atomic E-state index is 0.152. The lowest BCUT2D eigenvalue weighted by molar-refractivity contribution is -0.134. The van der Waals surface area contributed by atoms with Crippen LogP contribution in [0.1, 0.15) is 24.1 Å². The Balaban J connectivity index is 1.13. The molecule has 2 unspecified atom stereocenters. The van der Waals surface area contributed by atoms with Crippen LogP contribution in [-0.4, -0.2) is 51.7 Å². The smallest absolute Gasteiger partial charge is 0.242 e. The zero-order valence-electron chi connectivity index (χ0n) is 22.8. The van der Waals surface area contributed by atoms with Gasteiger partial charge < -0.3 is 10.6 Å². The van der Waals surface area contributed by atoms with Gasteiger partial charge in [0, 0.05) is 50.3 Å². The number of hydroxylamine groups is 2. The standard InChI is InChI=1S/C32H34N4O4S/c37-31(26-16-20-36(21-17-26)40-41(39)29-14-13-25-10-4-5-11-27(25)23-29)35-30(22-24-8-2-1-3-9-24)32(38)34-19-15-28-12-6-7-18-33-28/h1-14,18,23,26,30H,15-17,19-22H2,(H,34,38)(H,35,37). The van der Waals surface area contributed by atoms with Crippen molar-refractivity contribution in [3.05, 3.63) is 108 Å². The summed E-state index contributed by atoms with van der Waals surface area (Å²) >= 11 is -1.65. The Kier molecular flexibility index (Phi) is 9.85. The van der Waals surface area contributed by atoms with E-state index in [0.29, 0.717) is 50.2 Å². The van der Waals surface area contributed by atoms with E-state index in [1.165, 1.54) is 0 Å². The minimum atomic E-state index is -1.65. The quantitative estimate of drug-likeness (QED) is 0.283. The van der Waals surface area contributed by atoms with Gasteiger partial charge in [0.15, 0.2) is 0 Å². The molecule has 0 bridgehead atoms. The van der Waals surface area contributed by atoms with Crippen LogP contribution in [0, 0.1) is 5.92 Å². The van der Waals surface area contributed by atoms with E-state index in [0.717, 1.165) is 22.0 Å². The number of rotatable bonds is 11. The summed E-state index contributed by atoms with van der Waals surface area (Å²) in [7, 11) is 0. The maximum atomic E-state index is 13.3. The number of fused-ring (bicyclic) bond motifs is 1. The first-order valence-electron chi connectivity index (χ1n) is 13.9. The summed E-state index contributed by atoms with van der Waals surface area (Å²) in [6.07, 6.45) is 3.82. The molecule has 1 aliphatic rings. The van der Waals surface area contributed by atoms with Crippen LogP contribution in [0.25, 0.3) is 10.8 Å². The molecule has 1 aromatic heterocycles. The zero-order chi connectivity index (χ0) is 28.4. The predicted octanol–water partition coefficient (Wildman–Crippen LogP) is 3.99. The van der Waals surface area contributed by atoms with Crippen LogP contribution in [0.15, 0.2) is 102 Å². The second kappa shape index (κ2) is 14.1. The van der Waals surface area contributed by atoms with E-state index in [-0.39, 0.29) is 17.7 Å². The van der Waals surface area contributed by atoms with Crippen LogP contribution in [0.3, 0.4) is 0 Å². The van der Waals surface area contributed by atoms with Gasteiger partial charge in [-0.3, -0.25) is 14.6 Å². The van der Waals surface area contributed by atoms with Crippen molar-refractivity contribution in [3.8, 4) is 0 Å². The summed E-state index contributed by atoms with van der Waals surface area (Å²) in [5.41, 5.74) is 1.86. The lowest BCUT2D eigenvalue weighted by Crippen LogP contribution is -2.51. The van der Waals surface area contributed by atoms with E-state index >= 15 is 0 Å². The van der Waals surface area contributed by atoms with Crippen molar-refractivity contribution in [3.63, 3.8) is 0 Å². The molecule has 2 atom stereocenters. The van der Waals surface area contributed by atoms with Crippen molar-refractivity contribution in [1.29, 1.82) is 0 Å². The average molecular weight is 571 g/mol. The van der Waals surface area contributed by atoms with Crippen LogP contribution in [0.5, 0.6) is 0 Å². The Morgan fingerprint density at radius 3 is 2.41 bits per heavy atom. The SMILES string of the molecule is O=C(NC(Cc1ccccc1)C(=O)NCCc1ccccn1)C1CCN(OS(=O)c2ccc3ccccc3c2)CC1. The summed E-state index contributed by atoms with van der Waals surface area (Å²) < 4.78 is 18.6. The van der Waals surface area contributed by atoms with Crippen molar-refractivity contribution in [2.24, 2.45) is 5.92 Å². The Morgan fingerprint density at radius 2 is 1.66 bits per heavy atom. The minimum Gasteiger partial charge on any atom is -0.354 e. The molecule has 41 heavy (non-hydrogen) atoms. The van der Waals surface area contributed by atoms with Gasteiger partial charge in [-0.2, -0.15) is 9.35 Å². The van der Waals surface area contributed by atoms with Crippen molar-refractivity contribution in [2.75, 3.05) is 19.6 Å². The molecule has 0 spiro atoms. The summed E-state index contributed by atoms with van der Waals surface area (Å²) in [6, 6.07) is 28.2. The molecule has 1 aliphatic heterocycles. The summed E-state index contributed by atoms with van der Waals surface area (Å²) in [6.45, 7) is 1.37. The average Bonchev–Trinajstić information content (AvgIpc) is 3.01. The van der Waals surface area contributed by atoms with Crippen molar-refractivity contribution < 1.29 is 18.1 Å². The highest BCUT2D eigenvalue weighted by Gasteiger charge is 2.30. The second-order valence-electron chi connectivity index (χ2n) is 10.1. The number of hydrogen-bond acceptors (Lipinski definition) is 6. The van der Waals surface area contributed by atoms with Crippen LogP contribution in [0.4, 0.5) is 0 Å². The lowest BCUT2D eigenvalue weighted by atomic mass is 9.96. The lowest BCUT2D eigenvalue weighted by Gasteiger charge is -2.30. The van der Waals surface area contributed by atoms with Gasteiger partial charge in [0.1, 0.15) is 6.04 Å². The van der Waals surface area contributed by atoms with Crippen molar-refractivity contribution >= 4 is 33.7 Å². The second-order valence-corrected chi connectivity index (χ2v) is 11.2. The van der Waals surface area contributed by atoms with Gasteiger partial charge in [-0.05, 0) is 53.4 Å². The number of nitrogens with one attached hydrogen (secondary N) is 2. The third-order valence-corrected chi connectivity index (χ3v) is 8.22. The van der Waals surface area contributed by atoms with E-state index in [2.05, 4.69) is 15.6 Å². The van der Waals surface area contributed by atoms with E-state index in [1.54, 1.807) is 11.3 Å². The van der Waals surface area contributed by atoms with Crippen molar-refractivity contribution in [2.45, 2.75) is 36.6 Å². The Bertz CT molecular complexity index is 1480. The highest BCUT2D eigenvalue weighted by atomic mass is 32.2. The Labute approximate surface area is 242 Å². The van der Waals surface area contributed by atoms with Crippen LogP contribution >= 0.6 is 0 Å². The number of nitrogens with zero attached hydrogens (tertiary/aromatic N) is 2. The van der Waals surface area contributed by atoms with Gasteiger partial charge >= 0.3 is 0 Å². The number of pyridine rings is 1. The monoisotopic (exact) mass is 570 g/mol. The molecular formula is C32H34N4O4S. The fraction of sp³-hybridized carbons (Fsp3) is 0.281. The number of carbonyl (C=O) groups excluding carboxylic acids is 2. The van der Waals surface area contributed by atoms with E-state index < -0.39 is 17.1 Å². The molecule has 0 aliphatic carbocycles. The van der Waals surface area contributed by atoms with Gasteiger partial charge in [-0.1, -0.05) is 66.7 Å². The fourth-order valence-electron chi connectivity index (χ4n) is 4.93. The molecule has 3 aromatic carbocycles. The fourth-order valence-corrected chi connectivity index (χ4v) is 5.76. The number of piperidine rings is 1. The summed E-state index contributed by atoms with van der Waals surface area (Å²) in [5.74, 6) is -0.630. The van der Waals surface area contributed by atoms with Gasteiger partial charge in [0.25, 0.3) is 0 Å². The molecule has 9 heteroatoms. The Hall–Kier alpha value is -3.92. The normalized spacial score (nSPS) is 15.7. The molecule has 2 amide bonds. The predicted molar refractivity (Wildman–Crippen MR) is 159 cm³/mol. The van der Waals surface area contributed by atoms with E-state index in [4.69, 9.17) is 4.28 Å². The molecule has 2 heterocycles. The van der Waals surface area contributed by atoms with Crippen LogP contribution in [-0.2, 0) is 37.8 Å². The number of aromatic nitrogens is 1. The highest BCUT2D eigenvalue weighted by molar-refractivity contribution is 7.80. The molecule has 1 fully saturated rings. The third-order valence-electron chi connectivity index (χ3n) is 7.23. The first-order valence-corrected chi connectivity index (χ1v) is 15.0. The highest BCUT2D eigenvalue weighted by Crippen LogP contribution is 2.22. The van der Waals surface area contributed by atoms with Gasteiger partial charge in [0.2, 0.25) is 22.9 Å². The number of amides is 2. The third kappa shape index (κ3) is 8.07. The number of carbonyl (C=O) groups is 2. The molecule has 4 aromatic rings. The van der Waals surface area contributed by atoms with Gasteiger partial charge in [-0.15, -0.1) is 0 Å². The molecule has 8 nitrogen and oxygen atoms in total. The first-order chi connectivity index (χ1) is 20.0. The molecule has 1 saturated heterocycles. The first kappa shape index (κ1) is 28.6. The summed E-state index contributed by atoms with van der Waals surface area (Å²) in [4.78, 5) is 31.3. The largest absolute Gasteiger partial charge is 0.354 e. The molecule has 0 radical (unpaired) electrons. The molecule has 2 N–H and O–H groups in total. The molecule has 0 saturated carbocycles. The zero-order valence-corrected chi connectivity index (χ0v) is 23.6. The number of benzene rings is 3. The van der Waals surface area contributed by atoms with Crippen molar-refractivity contribution in [1.82, 2.24) is 20.7 Å². The van der Waals surface area contributed by atoms with Gasteiger partial charge in [0.05, 0.1) is 4.90 Å². The summed E-state index contributed by atoms with van der Waals surface area (Å²) in [5, 5.41) is 9.70.